The number of Topliss-reactive ketones (excluding diaryl/α,β-unsaturated/α-hetero) is 2. The highest BCUT2D eigenvalue weighted by Crippen LogP contribution is 2.57. The summed E-state index contributed by atoms with van der Waals surface area (Å²) in [6, 6.07) is 2.20. The number of aliphatic hydroxyl groups is 4. The number of phenolic OH excluding ortho intramolecular Hbond substituents is 1. The topological polar surface area (TPSA) is 182 Å². The van der Waals surface area contributed by atoms with Crippen LogP contribution < -0.4 is 5.73 Å². The fourth-order valence-electron chi connectivity index (χ4n) is 7.08. The Bertz CT molecular complexity index is 1320. The highest BCUT2D eigenvalue weighted by Gasteiger charge is 2.68. The van der Waals surface area contributed by atoms with Gasteiger partial charge in [-0.3, -0.25) is 19.3 Å². The minimum atomic E-state index is -2.91. The average Bonchev–Trinajstić information content (AvgIpc) is 2.79. The molecule has 0 radical (unpaired) electrons. The third-order valence-electron chi connectivity index (χ3n) is 9.24. The lowest BCUT2D eigenvalue weighted by Crippen LogP contribution is -2.70. The number of fused-ring (bicyclic) bond motifs is 3. The number of primary amides is 1. The fourth-order valence-corrected chi connectivity index (χ4v) is 7.08. The van der Waals surface area contributed by atoms with Crippen LogP contribution >= 0.6 is 0 Å². The lowest BCUT2D eigenvalue weighted by molar-refractivity contribution is -0.169. The molecule has 4 aliphatic rings. The molecule has 7 N–H and O–H groups in total. The van der Waals surface area contributed by atoms with E-state index in [-0.39, 0.29) is 22.3 Å². The molecule has 0 aliphatic heterocycles. The fraction of sp³-hybridized carbons (Fsp3) is 0.519. The van der Waals surface area contributed by atoms with Crippen LogP contribution in [0.15, 0.2) is 29.0 Å². The summed E-state index contributed by atoms with van der Waals surface area (Å²) in [6.07, 6.45) is 1.10. The lowest BCUT2D eigenvalue weighted by Gasteiger charge is -2.53. The van der Waals surface area contributed by atoms with E-state index < -0.39 is 70.1 Å². The molecule has 4 aliphatic carbocycles. The molecule has 1 aromatic carbocycles. The summed E-state index contributed by atoms with van der Waals surface area (Å²) >= 11 is 0. The van der Waals surface area contributed by atoms with Gasteiger partial charge < -0.3 is 31.3 Å². The van der Waals surface area contributed by atoms with Gasteiger partial charge in [0.15, 0.2) is 11.4 Å². The first-order valence-electron chi connectivity index (χ1n) is 12.4. The monoisotopic (exact) mass is 512 g/mol. The number of nitrogens with two attached hydrogens (primary N) is 1. The van der Waals surface area contributed by atoms with Gasteiger partial charge in [-0.15, -0.1) is 0 Å². The maximum Gasteiger partial charge on any atom is 0.255 e. The Balaban J connectivity index is 1.78. The molecule has 5 rings (SSSR count). The zero-order chi connectivity index (χ0) is 27.4. The van der Waals surface area contributed by atoms with E-state index >= 15 is 0 Å². The van der Waals surface area contributed by atoms with Crippen molar-refractivity contribution in [2.24, 2.45) is 17.6 Å². The van der Waals surface area contributed by atoms with Crippen molar-refractivity contribution in [2.45, 2.75) is 62.2 Å². The summed E-state index contributed by atoms with van der Waals surface area (Å²) in [6.45, 7) is 3.73. The molecule has 0 heterocycles. The second-order valence-corrected chi connectivity index (χ2v) is 11.4. The van der Waals surface area contributed by atoms with E-state index in [9.17, 15) is 39.9 Å². The van der Waals surface area contributed by atoms with Gasteiger partial charge in [0.25, 0.3) is 5.91 Å². The van der Waals surface area contributed by atoms with E-state index in [4.69, 9.17) is 5.73 Å². The van der Waals surface area contributed by atoms with Crippen LogP contribution in [-0.2, 0) is 19.8 Å². The van der Waals surface area contributed by atoms with Crippen LogP contribution in [0.25, 0.3) is 5.76 Å². The number of rotatable bonds is 3. The summed E-state index contributed by atoms with van der Waals surface area (Å²) in [5, 5.41) is 57.0. The lowest BCUT2D eigenvalue weighted by atomic mass is 9.54. The minimum absolute atomic E-state index is 0.0432. The Kier molecular flexibility index (Phi) is 5.43. The van der Waals surface area contributed by atoms with E-state index in [0.717, 1.165) is 19.3 Å². The van der Waals surface area contributed by atoms with Gasteiger partial charge in [0.1, 0.15) is 22.8 Å². The second-order valence-electron chi connectivity index (χ2n) is 11.4. The Morgan fingerprint density at radius 2 is 1.76 bits per heavy atom. The van der Waals surface area contributed by atoms with Crippen molar-refractivity contribution in [1.82, 2.24) is 4.90 Å². The van der Waals surface area contributed by atoms with Gasteiger partial charge in [0.2, 0.25) is 5.78 Å². The number of aromatic hydroxyl groups is 1. The van der Waals surface area contributed by atoms with Crippen molar-refractivity contribution in [3.63, 3.8) is 0 Å². The summed E-state index contributed by atoms with van der Waals surface area (Å²) in [5.41, 5.74) is 2.02. The number of carbonyl (C=O) groups is 3. The van der Waals surface area contributed by atoms with Gasteiger partial charge in [0.05, 0.1) is 23.6 Å². The molecule has 37 heavy (non-hydrogen) atoms. The second kappa shape index (κ2) is 7.89. The van der Waals surface area contributed by atoms with Gasteiger partial charge in [-0.2, -0.15) is 0 Å². The highest BCUT2D eigenvalue weighted by molar-refractivity contribution is 6.24. The third kappa shape index (κ3) is 3.00. The zero-order valence-electron chi connectivity index (χ0n) is 21.1. The Labute approximate surface area is 213 Å². The summed E-state index contributed by atoms with van der Waals surface area (Å²) in [5.74, 6) is -8.66. The summed E-state index contributed by atoms with van der Waals surface area (Å²) in [4.78, 5) is 40.6. The number of hydrogen-bond acceptors (Lipinski definition) is 9. The van der Waals surface area contributed by atoms with E-state index in [1.807, 2.05) is 6.92 Å². The standard InChI is InChI=1S/C27H32N2O8/c1-10-11-6-7-12(26(2)8-5-9-26)19(30)14(11)20(31)15-13(10)21(32)17-18(29(3)4)22(33)16(25(28)36)24(35)27(17,37)23(15)34/h6-7,10,13,17-18,21,30-32,35,37H,5,8-9H2,1-4H3,(H2,28,36)/t10-,13+,17+,18-,21-,27-/m0/s1. The summed E-state index contributed by atoms with van der Waals surface area (Å²) < 4.78 is 0. The molecular formula is C27H32N2O8. The number of ketones is 2. The highest BCUT2D eigenvalue weighted by atomic mass is 16.4. The Morgan fingerprint density at radius 3 is 2.27 bits per heavy atom. The van der Waals surface area contributed by atoms with Crippen LogP contribution in [0.2, 0.25) is 0 Å². The van der Waals surface area contributed by atoms with Crippen LogP contribution in [-0.4, -0.2) is 79.7 Å². The average molecular weight is 513 g/mol. The molecule has 6 atom stereocenters. The number of aliphatic hydroxyl groups excluding tert-OH is 3. The van der Waals surface area contributed by atoms with Crippen molar-refractivity contribution >= 4 is 23.2 Å². The van der Waals surface area contributed by atoms with Gasteiger partial charge in [-0.25, -0.2) is 0 Å². The largest absolute Gasteiger partial charge is 0.508 e. The molecule has 0 unspecified atom stereocenters. The molecule has 0 aromatic heterocycles. The van der Waals surface area contributed by atoms with Crippen LogP contribution in [0.1, 0.15) is 55.7 Å². The van der Waals surface area contributed by atoms with Crippen LogP contribution in [0.4, 0.5) is 0 Å². The van der Waals surface area contributed by atoms with Crippen LogP contribution in [0.5, 0.6) is 5.75 Å². The molecule has 0 bridgehead atoms. The van der Waals surface area contributed by atoms with E-state index in [0.29, 0.717) is 11.1 Å². The third-order valence-corrected chi connectivity index (χ3v) is 9.24. The molecular weight excluding hydrogens is 480 g/mol. The number of amides is 1. The van der Waals surface area contributed by atoms with E-state index in [2.05, 4.69) is 0 Å². The van der Waals surface area contributed by atoms with Crippen molar-refractivity contribution in [2.75, 3.05) is 14.1 Å². The number of phenols is 1. The first kappa shape index (κ1) is 25.4. The molecule has 1 amide bonds. The normalized spacial score (nSPS) is 34.6. The molecule has 198 valence electrons. The first-order chi connectivity index (χ1) is 17.2. The number of likely N-dealkylation sites (N-methyl/N-ethyl adjacent to an activating group) is 1. The minimum Gasteiger partial charge on any atom is -0.508 e. The maximum absolute atomic E-state index is 14.0. The predicted molar refractivity (Wildman–Crippen MR) is 132 cm³/mol. The molecule has 10 nitrogen and oxygen atoms in total. The number of carbonyl (C=O) groups excluding carboxylic acids is 3. The smallest absolute Gasteiger partial charge is 0.255 e. The van der Waals surface area contributed by atoms with Crippen molar-refractivity contribution in [3.05, 3.63) is 45.7 Å². The molecule has 2 fully saturated rings. The molecule has 2 saturated carbocycles. The van der Waals surface area contributed by atoms with Gasteiger partial charge in [-0.05, 0) is 43.8 Å². The zero-order valence-corrected chi connectivity index (χ0v) is 21.1. The van der Waals surface area contributed by atoms with Gasteiger partial charge in [0, 0.05) is 17.1 Å². The van der Waals surface area contributed by atoms with Crippen molar-refractivity contribution < 1.29 is 39.9 Å². The molecule has 1 aromatic rings. The SMILES string of the molecule is C[C@H]1c2ccc(C3(C)CCC3)c(O)c2C(O)=C2C(=O)[C@]3(O)C(O)=C(C(N)=O)C(=O)[C@@H](N(C)C)[C@@H]3[C@@H](O)[C@@H]21. The summed E-state index contributed by atoms with van der Waals surface area (Å²) in [7, 11) is 2.95. The van der Waals surface area contributed by atoms with Crippen LogP contribution in [0, 0.1) is 11.8 Å². The first-order valence-corrected chi connectivity index (χ1v) is 12.4. The molecule has 0 spiro atoms. The number of benzene rings is 1. The predicted octanol–water partition coefficient (Wildman–Crippen LogP) is 0.937. The number of nitrogens with zero attached hydrogens (tertiary/aromatic N) is 1. The van der Waals surface area contributed by atoms with Crippen molar-refractivity contribution in [3.8, 4) is 5.75 Å². The quantitative estimate of drug-likeness (QED) is 0.321. The van der Waals surface area contributed by atoms with E-state index in [1.54, 1.807) is 19.1 Å². The maximum atomic E-state index is 14.0. The number of hydrogen-bond donors (Lipinski definition) is 6. The molecule has 0 saturated heterocycles. The van der Waals surface area contributed by atoms with Crippen LogP contribution in [0.3, 0.4) is 0 Å². The van der Waals surface area contributed by atoms with Gasteiger partial charge >= 0.3 is 0 Å². The Hall–Kier alpha value is -3.21. The Morgan fingerprint density at radius 1 is 1.14 bits per heavy atom. The van der Waals surface area contributed by atoms with E-state index in [1.165, 1.54) is 19.0 Å². The van der Waals surface area contributed by atoms with Gasteiger partial charge in [-0.1, -0.05) is 32.4 Å². The van der Waals surface area contributed by atoms with Crippen molar-refractivity contribution in [1.29, 1.82) is 0 Å². The molecule has 10 heteroatoms.